The molecule has 0 saturated heterocycles. The first-order chi connectivity index (χ1) is 11.3. The van der Waals surface area contributed by atoms with Crippen molar-refractivity contribution < 1.29 is 4.74 Å². The summed E-state index contributed by atoms with van der Waals surface area (Å²) < 4.78 is 7.31. The van der Waals surface area contributed by atoms with Crippen molar-refractivity contribution >= 4 is 0 Å². The molecule has 23 heavy (non-hydrogen) atoms. The SMILES string of the molecule is O=c1ccc(-c2ccc3c(c2)CCO3)cn1Cc1ccccc1. The van der Waals surface area contributed by atoms with E-state index in [1.807, 2.05) is 48.7 Å². The average Bonchev–Trinajstić information content (AvgIpc) is 3.05. The van der Waals surface area contributed by atoms with Crippen LogP contribution in [0.5, 0.6) is 5.75 Å². The molecule has 0 atom stereocenters. The Labute approximate surface area is 134 Å². The number of fused-ring (bicyclic) bond motifs is 1. The Bertz CT molecular complexity index is 897. The van der Waals surface area contributed by atoms with Crippen molar-refractivity contribution in [1.29, 1.82) is 0 Å². The van der Waals surface area contributed by atoms with Crippen LogP contribution in [0.2, 0.25) is 0 Å². The van der Waals surface area contributed by atoms with Crippen molar-refractivity contribution in [1.82, 2.24) is 4.57 Å². The van der Waals surface area contributed by atoms with Crippen LogP contribution in [0.1, 0.15) is 11.1 Å². The number of hydrogen-bond donors (Lipinski definition) is 0. The fourth-order valence-electron chi connectivity index (χ4n) is 2.97. The Hall–Kier alpha value is -2.81. The van der Waals surface area contributed by atoms with Crippen LogP contribution in [0.4, 0.5) is 0 Å². The molecule has 1 aliphatic rings. The maximum absolute atomic E-state index is 12.1. The molecule has 0 radical (unpaired) electrons. The van der Waals surface area contributed by atoms with Crippen LogP contribution in [0.15, 0.2) is 71.7 Å². The molecular weight excluding hydrogens is 286 g/mol. The van der Waals surface area contributed by atoms with Crippen LogP contribution < -0.4 is 10.3 Å². The lowest BCUT2D eigenvalue weighted by Gasteiger charge is -2.09. The summed E-state index contributed by atoms with van der Waals surface area (Å²) in [5.74, 6) is 0.978. The lowest BCUT2D eigenvalue weighted by atomic mass is 10.0. The predicted molar refractivity (Wildman–Crippen MR) is 90.9 cm³/mol. The predicted octanol–water partition coefficient (Wildman–Crippen LogP) is 3.50. The number of ether oxygens (including phenoxy) is 1. The van der Waals surface area contributed by atoms with Gasteiger partial charge in [-0.25, -0.2) is 0 Å². The van der Waals surface area contributed by atoms with E-state index in [9.17, 15) is 4.79 Å². The van der Waals surface area contributed by atoms with E-state index in [2.05, 4.69) is 12.1 Å². The Morgan fingerprint density at radius 2 is 1.78 bits per heavy atom. The van der Waals surface area contributed by atoms with Gasteiger partial charge in [0.15, 0.2) is 0 Å². The van der Waals surface area contributed by atoms with E-state index < -0.39 is 0 Å². The maximum atomic E-state index is 12.1. The van der Waals surface area contributed by atoms with E-state index in [1.165, 1.54) is 5.56 Å². The van der Waals surface area contributed by atoms with Crippen LogP contribution in [0.3, 0.4) is 0 Å². The van der Waals surface area contributed by atoms with E-state index in [0.29, 0.717) is 6.54 Å². The molecule has 1 aromatic heterocycles. The van der Waals surface area contributed by atoms with E-state index in [1.54, 1.807) is 10.6 Å². The molecule has 2 aromatic carbocycles. The normalized spacial score (nSPS) is 12.7. The van der Waals surface area contributed by atoms with Crippen molar-refractivity contribution in [2.75, 3.05) is 6.61 Å². The standard InChI is InChI=1S/C20H17NO2/c22-20-9-7-18(14-21(20)13-15-4-2-1-3-5-15)16-6-8-19-17(12-16)10-11-23-19/h1-9,12,14H,10-11,13H2. The molecule has 3 heteroatoms. The molecule has 0 amide bonds. The van der Waals surface area contributed by atoms with Crippen molar-refractivity contribution in [2.24, 2.45) is 0 Å². The summed E-state index contributed by atoms with van der Waals surface area (Å²) in [6, 6.07) is 19.8. The van der Waals surface area contributed by atoms with E-state index in [4.69, 9.17) is 4.74 Å². The van der Waals surface area contributed by atoms with Crippen molar-refractivity contribution in [2.45, 2.75) is 13.0 Å². The zero-order valence-electron chi connectivity index (χ0n) is 12.7. The topological polar surface area (TPSA) is 31.2 Å². The monoisotopic (exact) mass is 303 g/mol. The molecular formula is C20H17NO2. The van der Waals surface area contributed by atoms with Gasteiger partial charge in [0.25, 0.3) is 5.56 Å². The Balaban J connectivity index is 1.70. The molecule has 0 bridgehead atoms. The van der Waals surface area contributed by atoms with E-state index in [0.717, 1.165) is 35.5 Å². The summed E-state index contributed by atoms with van der Waals surface area (Å²) >= 11 is 0. The summed E-state index contributed by atoms with van der Waals surface area (Å²) in [7, 11) is 0. The summed E-state index contributed by atoms with van der Waals surface area (Å²) in [6.45, 7) is 1.34. The van der Waals surface area contributed by atoms with Gasteiger partial charge in [-0.1, -0.05) is 36.4 Å². The number of nitrogens with zero attached hydrogens (tertiary/aromatic N) is 1. The van der Waals surface area contributed by atoms with Gasteiger partial charge < -0.3 is 9.30 Å². The number of aromatic nitrogens is 1. The van der Waals surface area contributed by atoms with Gasteiger partial charge in [-0.2, -0.15) is 0 Å². The first-order valence-corrected chi connectivity index (χ1v) is 7.80. The molecule has 1 aliphatic heterocycles. The minimum atomic E-state index is 0.0158. The van der Waals surface area contributed by atoms with Gasteiger partial charge >= 0.3 is 0 Å². The second-order valence-electron chi connectivity index (χ2n) is 5.79. The lowest BCUT2D eigenvalue weighted by Crippen LogP contribution is -2.19. The van der Waals surface area contributed by atoms with Gasteiger partial charge in [0, 0.05) is 18.7 Å². The molecule has 0 unspecified atom stereocenters. The summed E-state index contributed by atoms with van der Waals surface area (Å²) in [6.07, 6.45) is 2.89. The van der Waals surface area contributed by atoms with Gasteiger partial charge in [0.05, 0.1) is 13.2 Å². The number of rotatable bonds is 3. The van der Waals surface area contributed by atoms with Crippen LogP contribution in [0.25, 0.3) is 11.1 Å². The minimum absolute atomic E-state index is 0.0158. The largest absolute Gasteiger partial charge is 0.493 e. The van der Waals surface area contributed by atoms with Crippen LogP contribution in [0, 0.1) is 0 Å². The third kappa shape index (κ3) is 2.78. The third-order valence-corrected chi connectivity index (χ3v) is 4.20. The van der Waals surface area contributed by atoms with Gasteiger partial charge in [-0.3, -0.25) is 4.79 Å². The van der Waals surface area contributed by atoms with Gasteiger partial charge in [0.2, 0.25) is 0 Å². The van der Waals surface area contributed by atoms with Crippen molar-refractivity contribution in [3.05, 3.63) is 88.3 Å². The zero-order chi connectivity index (χ0) is 15.6. The molecule has 2 heterocycles. The smallest absolute Gasteiger partial charge is 0.250 e. The van der Waals surface area contributed by atoms with E-state index >= 15 is 0 Å². The van der Waals surface area contributed by atoms with Crippen LogP contribution >= 0.6 is 0 Å². The highest BCUT2D eigenvalue weighted by molar-refractivity contribution is 5.65. The fourth-order valence-corrected chi connectivity index (χ4v) is 2.97. The minimum Gasteiger partial charge on any atom is -0.493 e. The molecule has 4 rings (SSSR count). The maximum Gasteiger partial charge on any atom is 0.250 e. The molecule has 3 nitrogen and oxygen atoms in total. The van der Waals surface area contributed by atoms with Gasteiger partial charge in [0.1, 0.15) is 5.75 Å². The fraction of sp³-hybridized carbons (Fsp3) is 0.150. The highest BCUT2D eigenvalue weighted by atomic mass is 16.5. The molecule has 0 N–H and O–H groups in total. The zero-order valence-corrected chi connectivity index (χ0v) is 12.7. The average molecular weight is 303 g/mol. The first-order valence-electron chi connectivity index (χ1n) is 7.80. The number of pyridine rings is 1. The summed E-state index contributed by atoms with van der Waals surface area (Å²) in [4.78, 5) is 12.1. The molecule has 0 aliphatic carbocycles. The Kier molecular flexibility index (Phi) is 3.46. The molecule has 0 saturated carbocycles. The molecule has 114 valence electrons. The van der Waals surface area contributed by atoms with E-state index in [-0.39, 0.29) is 5.56 Å². The van der Waals surface area contributed by atoms with Crippen molar-refractivity contribution in [3.63, 3.8) is 0 Å². The summed E-state index contributed by atoms with van der Waals surface area (Å²) in [5, 5.41) is 0. The van der Waals surface area contributed by atoms with Gasteiger partial charge in [-0.15, -0.1) is 0 Å². The third-order valence-electron chi connectivity index (χ3n) is 4.20. The highest BCUT2D eigenvalue weighted by Gasteiger charge is 2.13. The molecule has 0 spiro atoms. The first kappa shape index (κ1) is 13.8. The summed E-state index contributed by atoms with van der Waals surface area (Å²) in [5.41, 5.74) is 4.55. The second kappa shape index (κ2) is 5.76. The quantitative estimate of drug-likeness (QED) is 0.741. The van der Waals surface area contributed by atoms with Crippen molar-refractivity contribution in [3.8, 4) is 16.9 Å². The highest BCUT2D eigenvalue weighted by Crippen LogP contribution is 2.30. The second-order valence-corrected chi connectivity index (χ2v) is 5.79. The molecule has 3 aromatic rings. The Morgan fingerprint density at radius 3 is 2.65 bits per heavy atom. The molecule has 0 fully saturated rings. The van der Waals surface area contributed by atoms with Gasteiger partial charge in [-0.05, 0) is 40.5 Å². The number of hydrogen-bond acceptors (Lipinski definition) is 2. The van der Waals surface area contributed by atoms with Crippen LogP contribution in [-0.2, 0) is 13.0 Å². The van der Waals surface area contributed by atoms with Crippen LogP contribution in [-0.4, -0.2) is 11.2 Å². The lowest BCUT2D eigenvalue weighted by molar-refractivity contribution is 0.357. The Morgan fingerprint density at radius 1 is 0.957 bits per heavy atom. The number of benzene rings is 2.